The maximum absolute atomic E-state index is 11.8. The van der Waals surface area contributed by atoms with Crippen LogP contribution in [0.25, 0.3) is 0 Å². The molecule has 3 heteroatoms. The molecule has 0 aliphatic carbocycles. The number of hydrogen-bond donors (Lipinski definition) is 0. The van der Waals surface area contributed by atoms with E-state index in [4.69, 9.17) is 0 Å². The Morgan fingerprint density at radius 1 is 1.31 bits per heavy atom. The van der Waals surface area contributed by atoms with Gasteiger partial charge in [-0.3, -0.25) is 4.79 Å². The van der Waals surface area contributed by atoms with Gasteiger partial charge in [0.05, 0.1) is 27.2 Å². The second kappa shape index (κ2) is 3.20. The molecule has 1 fully saturated rings. The van der Waals surface area contributed by atoms with Crippen LogP contribution < -0.4 is 5.56 Å². The van der Waals surface area contributed by atoms with Gasteiger partial charge in [0.25, 0.3) is 5.56 Å². The van der Waals surface area contributed by atoms with Crippen LogP contribution in [0.2, 0.25) is 0 Å². The first-order chi connectivity index (χ1) is 7.55. The molecule has 16 heavy (non-hydrogen) atoms. The number of likely N-dealkylation sites (N-methyl/N-ethyl adjacent to an activating group) is 1. The molecule has 86 valence electrons. The first kappa shape index (κ1) is 10.1. The second-order valence-electron chi connectivity index (χ2n) is 6.00. The van der Waals surface area contributed by atoms with E-state index in [2.05, 4.69) is 20.2 Å². The minimum atomic E-state index is 0.180. The van der Waals surface area contributed by atoms with E-state index in [1.807, 2.05) is 10.6 Å². The number of nitrogens with zero attached hydrogens (tertiary/aromatic N) is 2. The van der Waals surface area contributed by atoms with Crippen molar-refractivity contribution in [2.75, 3.05) is 27.2 Å². The Bertz CT molecular complexity index is 475. The van der Waals surface area contributed by atoms with Crippen LogP contribution in [0.15, 0.2) is 23.0 Å². The van der Waals surface area contributed by atoms with Crippen molar-refractivity contribution in [3.8, 4) is 0 Å². The van der Waals surface area contributed by atoms with E-state index in [0.717, 1.165) is 11.0 Å². The molecule has 1 aromatic rings. The van der Waals surface area contributed by atoms with Gasteiger partial charge in [-0.1, -0.05) is 6.07 Å². The molecule has 0 unspecified atom stereocenters. The van der Waals surface area contributed by atoms with Crippen LogP contribution in [-0.4, -0.2) is 36.2 Å². The zero-order valence-electron chi connectivity index (χ0n) is 10.0. The third kappa shape index (κ3) is 1.50. The van der Waals surface area contributed by atoms with Crippen LogP contribution in [0.3, 0.4) is 0 Å². The number of quaternary nitrogens is 1. The van der Waals surface area contributed by atoms with Crippen molar-refractivity contribution in [1.29, 1.82) is 0 Å². The topological polar surface area (TPSA) is 22.0 Å². The van der Waals surface area contributed by atoms with Crippen molar-refractivity contribution in [3.63, 3.8) is 0 Å². The van der Waals surface area contributed by atoms with Gasteiger partial charge < -0.3 is 9.05 Å². The summed E-state index contributed by atoms with van der Waals surface area (Å²) in [6.07, 6.45) is 1.27. The summed E-state index contributed by atoms with van der Waals surface area (Å²) in [7, 11) is 4.60. The van der Waals surface area contributed by atoms with Crippen molar-refractivity contribution in [2.24, 2.45) is 5.92 Å². The maximum atomic E-state index is 11.8. The monoisotopic (exact) mass is 219 g/mol. The summed E-state index contributed by atoms with van der Waals surface area (Å²) in [6, 6.07) is 5.72. The lowest BCUT2D eigenvalue weighted by Gasteiger charge is -2.45. The summed E-state index contributed by atoms with van der Waals surface area (Å²) in [5.74, 6) is 1.26. The fraction of sp³-hybridized carbons (Fsp3) is 0.615. The van der Waals surface area contributed by atoms with Gasteiger partial charge in [-0.25, -0.2) is 0 Å². The highest BCUT2D eigenvalue weighted by Gasteiger charge is 2.39. The lowest BCUT2D eigenvalue weighted by Crippen LogP contribution is -2.54. The second-order valence-corrected chi connectivity index (χ2v) is 6.00. The first-order valence-corrected chi connectivity index (χ1v) is 6.07. The van der Waals surface area contributed by atoms with Gasteiger partial charge in [-0.05, 0) is 12.5 Å². The maximum Gasteiger partial charge on any atom is 0.250 e. The summed E-state index contributed by atoms with van der Waals surface area (Å²) in [6.45, 7) is 3.30. The minimum absolute atomic E-state index is 0.180. The van der Waals surface area contributed by atoms with E-state index in [1.165, 1.54) is 25.2 Å². The number of likely N-dealkylation sites (tertiary alicyclic amines) is 1. The van der Waals surface area contributed by atoms with E-state index in [9.17, 15) is 4.79 Å². The van der Waals surface area contributed by atoms with Crippen molar-refractivity contribution in [1.82, 2.24) is 4.57 Å². The number of aromatic nitrogens is 1. The Morgan fingerprint density at radius 3 is 2.94 bits per heavy atom. The summed E-state index contributed by atoms with van der Waals surface area (Å²) < 4.78 is 3.09. The highest BCUT2D eigenvalue weighted by molar-refractivity contribution is 5.15. The van der Waals surface area contributed by atoms with Gasteiger partial charge in [0, 0.05) is 30.1 Å². The summed E-state index contributed by atoms with van der Waals surface area (Å²) >= 11 is 0. The Morgan fingerprint density at radius 2 is 2.12 bits per heavy atom. The standard InChI is InChI=1S/C13H19N2O/c1-15(2)8-10-6-11(9-15)12-4-3-5-13(16)14(12)7-10/h3-5,10-11H,6-9H2,1-2H3/q+1/t10-,11+/m0/s1. The molecule has 3 heterocycles. The van der Waals surface area contributed by atoms with Gasteiger partial charge in [-0.15, -0.1) is 0 Å². The third-order valence-corrected chi connectivity index (χ3v) is 4.03. The van der Waals surface area contributed by atoms with Crippen molar-refractivity contribution in [3.05, 3.63) is 34.2 Å². The van der Waals surface area contributed by atoms with Gasteiger partial charge in [0.1, 0.15) is 0 Å². The highest BCUT2D eigenvalue weighted by atomic mass is 16.1. The average molecular weight is 219 g/mol. The van der Waals surface area contributed by atoms with Crippen molar-refractivity contribution < 1.29 is 4.48 Å². The predicted octanol–water partition coefficient (Wildman–Crippen LogP) is 1.04. The Hall–Kier alpha value is -1.09. The van der Waals surface area contributed by atoms with Gasteiger partial charge in [0.2, 0.25) is 0 Å². The summed E-state index contributed by atoms with van der Waals surface area (Å²) in [5.41, 5.74) is 1.44. The largest absolute Gasteiger partial charge is 0.328 e. The zero-order valence-corrected chi connectivity index (χ0v) is 10.0. The molecular weight excluding hydrogens is 200 g/mol. The molecule has 2 bridgehead atoms. The van der Waals surface area contributed by atoms with Gasteiger partial charge in [0.15, 0.2) is 0 Å². The number of rotatable bonds is 0. The van der Waals surface area contributed by atoms with Gasteiger partial charge >= 0.3 is 0 Å². The Labute approximate surface area is 95.9 Å². The number of pyridine rings is 1. The van der Waals surface area contributed by atoms with Crippen LogP contribution in [0.1, 0.15) is 18.0 Å². The molecule has 3 rings (SSSR count). The van der Waals surface area contributed by atoms with E-state index in [0.29, 0.717) is 11.8 Å². The van der Waals surface area contributed by atoms with Crippen LogP contribution in [0, 0.1) is 5.92 Å². The van der Waals surface area contributed by atoms with E-state index in [1.54, 1.807) is 6.07 Å². The molecule has 2 atom stereocenters. The van der Waals surface area contributed by atoms with Crippen molar-refractivity contribution >= 4 is 0 Å². The molecule has 1 saturated heterocycles. The molecule has 1 aromatic heterocycles. The summed E-state index contributed by atoms with van der Waals surface area (Å²) in [5, 5.41) is 0. The normalized spacial score (nSPS) is 30.9. The quantitative estimate of drug-likeness (QED) is 0.598. The molecule has 2 aliphatic heterocycles. The molecule has 2 aliphatic rings. The molecule has 0 saturated carbocycles. The van der Waals surface area contributed by atoms with Gasteiger partial charge in [-0.2, -0.15) is 0 Å². The lowest BCUT2D eigenvalue weighted by molar-refractivity contribution is -0.901. The minimum Gasteiger partial charge on any atom is -0.328 e. The van der Waals surface area contributed by atoms with Crippen molar-refractivity contribution in [2.45, 2.75) is 18.9 Å². The zero-order chi connectivity index (χ0) is 11.3. The first-order valence-electron chi connectivity index (χ1n) is 6.07. The molecule has 0 radical (unpaired) electrons. The van der Waals surface area contributed by atoms with Crippen LogP contribution in [0.4, 0.5) is 0 Å². The molecule has 3 nitrogen and oxygen atoms in total. The molecule has 0 aromatic carbocycles. The smallest absolute Gasteiger partial charge is 0.250 e. The van der Waals surface area contributed by atoms with E-state index >= 15 is 0 Å². The number of hydrogen-bond acceptors (Lipinski definition) is 1. The number of piperidine rings is 1. The fourth-order valence-electron chi connectivity index (χ4n) is 3.61. The lowest BCUT2D eigenvalue weighted by atomic mass is 9.82. The summed E-state index contributed by atoms with van der Waals surface area (Å²) in [4.78, 5) is 11.8. The molecule has 0 N–H and O–H groups in total. The van der Waals surface area contributed by atoms with E-state index < -0.39 is 0 Å². The van der Waals surface area contributed by atoms with E-state index in [-0.39, 0.29) is 5.56 Å². The van der Waals surface area contributed by atoms with Crippen LogP contribution >= 0.6 is 0 Å². The Balaban J connectivity index is 2.09. The number of fused-ring (bicyclic) bond motifs is 4. The third-order valence-electron chi connectivity index (χ3n) is 4.03. The fourth-order valence-corrected chi connectivity index (χ4v) is 3.61. The predicted molar refractivity (Wildman–Crippen MR) is 63.4 cm³/mol. The highest BCUT2D eigenvalue weighted by Crippen LogP contribution is 2.36. The Kier molecular flexibility index (Phi) is 2.02. The molecular formula is C13H19N2O+. The molecule has 0 amide bonds. The molecule has 0 spiro atoms. The van der Waals surface area contributed by atoms with Crippen LogP contribution in [0.5, 0.6) is 0 Å². The average Bonchev–Trinajstić information content (AvgIpc) is 2.17. The SMILES string of the molecule is C[N+]1(C)C[C@H]2C[C@H](C1)c1cccc(=O)n1C2. The van der Waals surface area contributed by atoms with Crippen LogP contribution in [-0.2, 0) is 6.54 Å².